The van der Waals surface area contributed by atoms with Crippen LogP contribution in [-0.4, -0.2) is 30.6 Å². The standard InChI is InChI=1S/C16H21NO4/c1-11(9-16(19)20)8-15(18)17-7-3-4-12-10-13(21-2)5-6-14(12)17/h5-6,10-11H,3-4,7-9H2,1-2H3,(H,19,20). The van der Waals surface area contributed by atoms with E-state index in [9.17, 15) is 9.59 Å². The SMILES string of the molecule is COc1ccc2c(c1)CCCN2C(=O)CC(C)CC(=O)O. The molecule has 0 aromatic heterocycles. The Morgan fingerprint density at radius 3 is 2.81 bits per heavy atom. The van der Waals surface area contributed by atoms with Gasteiger partial charge in [0.2, 0.25) is 5.91 Å². The van der Waals surface area contributed by atoms with E-state index in [1.807, 2.05) is 18.2 Å². The van der Waals surface area contributed by atoms with Gasteiger partial charge in [-0.3, -0.25) is 9.59 Å². The van der Waals surface area contributed by atoms with Gasteiger partial charge < -0.3 is 14.7 Å². The molecule has 1 aromatic rings. The van der Waals surface area contributed by atoms with Crippen molar-refractivity contribution in [3.63, 3.8) is 0 Å². The minimum Gasteiger partial charge on any atom is -0.497 e. The average molecular weight is 291 g/mol. The molecule has 1 aliphatic rings. The summed E-state index contributed by atoms with van der Waals surface area (Å²) in [6.45, 7) is 2.49. The monoisotopic (exact) mass is 291 g/mol. The lowest BCUT2D eigenvalue weighted by molar-refractivity contribution is -0.138. The van der Waals surface area contributed by atoms with Crippen molar-refractivity contribution in [1.82, 2.24) is 0 Å². The van der Waals surface area contributed by atoms with Crippen molar-refractivity contribution in [1.29, 1.82) is 0 Å². The van der Waals surface area contributed by atoms with E-state index in [0.717, 1.165) is 29.8 Å². The molecule has 0 aliphatic carbocycles. The maximum atomic E-state index is 12.4. The topological polar surface area (TPSA) is 66.8 Å². The molecule has 5 nitrogen and oxygen atoms in total. The molecule has 1 heterocycles. The zero-order chi connectivity index (χ0) is 15.4. The molecule has 2 rings (SSSR count). The summed E-state index contributed by atoms with van der Waals surface area (Å²) < 4.78 is 5.22. The van der Waals surface area contributed by atoms with Crippen LogP contribution in [0.5, 0.6) is 5.75 Å². The number of hydrogen-bond acceptors (Lipinski definition) is 3. The Morgan fingerprint density at radius 1 is 1.38 bits per heavy atom. The first-order valence-electron chi connectivity index (χ1n) is 7.20. The molecule has 1 unspecified atom stereocenters. The normalized spacial score (nSPS) is 15.2. The number of methoxy groups -OCH3 is 1. The van der Waals surface area contributed by atoms with Crippen LogP contribution in [0.2, 0.25) is 0 Å². The fourth-order valence-electron chi connectivity index (χ4n) is 2.74. The maximum Gasteiger partial charge on any atom is 0.303 e. The molecule has 1 amide bonds. The lowest BCUT2D eigenvalue weighted by Gasteiger charge is -2.30. The number of anilines is 1. The van der Waals surface area contributed by atoms with Crippen LogP contribution in [0.4, 0.5) is 5.69 Å². The lowest BCUT2D eigenvalue weighted by atomic mass is 9.98. The number of carbonyl (C=O) groups is 2. The van der Waals surface area contributed by atoms with Gasteiger partial charge in [0.15, 0.2) is 0 Å². The molecule has 1 N–H and O–H groups in total. The highest BCUT2D eigenvalue weighted by molar-refractivity contribution is 5.95. The van der Waals surface area contributed by atoms with E-state index in [2.05, 4.69) is 0 Å². The highest BCUT2D eigenvalue weighted by atomic mass is 16.5. The van der Waals surface area contributed by atoms with Crippen molar-refractivity contribution in [3.8, 4) is 5.75 Å². The van der Waals surface area contributed by atoms with Gasteiger partial charge in [0.25, 0.3) is 0 Å². The van der Waals surface area contributed by atoms with Gasteiger partial charge in [-0.15, -0.1) is 0 Å². The van der Waals surface area contributed by atoms with Crippen LogP contribution in [0.15, 0.2) is 18.2 Å². The number of carboxylic acid groups (broad SMARTS) is 1. The molecule has 5 heteroatoms. The van der Waals surface area contributed by atoms with Gasteiger partial charge in [-0.1, -0.05) is 6.92 Å². The van der Waals surface area contributed by atoms with Crippen LogP contribution in [0, 0.1) is 5.92 Å². The summed E-state index contributed by atoms with van der Waals surface area (Å²) in [6.07, 6.45) is 2.13. The van der Waals surface area contributed by atoms with Crippen molar-refractivity contribution in [2.24, 2.45) is 5.92 Å². The molecule has 0 saturated carbocycles. The third-order valence-corrected chi connectivity index (χ3v) is 3.75. The van der Waals surface area contributed by atoms with Gasteiger partial charge in [-0.2, -0.15) is 0 Å². The summed E-state index contributed by atoms with van der Waals surface area (Å²) >= 11 is 0. The van der Waals surface area contributed by atoms with E-state index >= 15 is 0 Å². The molecular formula is C16H21NO4. The van der Waals surface area contributed by atoms with Crippen LogP contribution in [0.3, 0.4) is 0 Å². The van der Waals surface area contributed by atoms with Crippen molar-refractivity contribution < 1.29 is 19.4 Å². The highest BCUT2D eigenvalue weighted by Gasteiger charge is 2.24. The second kappa shape index (κ2) is 6.61. The van der Waals surface area contributed by atoms with Gasteiger partial charge in [-0.05, 0) is 42.5 Å². The van der Waals surface area contributed by atoms with Crippen molar-refractivity contribution in [2.75, 3.05) is 18.6 Å². The molecule has 1 aliphatic heterocycles. The second-order valence-electron chi connectivity index (χ2n) is 5.55. The van der Waals surface area contributed by atoms with Gasteiger partial charge >= 0.3 is 5.97 Å². The molecule has 0 spiro atoms. The van der Waals surface area contributed by atoms with Gasteiger partial charge in [0.1, 0.15) is 5.75 Å². The number of aryl methyl sites for hydroxylation is 1. The van der Waals surface area contributed by atoms with E-state index in [1.165, 1.54) is 0 Å². The Bertz CT molecular complexity index is 541. The number of hydrogen-bond donors (Lipinski definition) is 1. The van der Waals surface area contributed by atoms with Crippen molar-refractivity contribution >= 4 is 17.6 Å². The van der Waals surface area contributed by atoms with Crippen LogP contribution >= 0.6 is 0 Å². The smallest absolute Gasteiger partial charge is 0.303 e. The molecule has 0 fully saturated rings. The third kappa shape index (κ3) is 3.74. The number of ether oxygens (including phenoxy) is 1. The van der Waals surface area contributed by atoms with Gasteiger partial charge in [0, 0.05) is 25.1 Å². The number of fused-ring (bicyclic) bond motifs is 1. The highest BCUT2D eigenvalue weighted by Crippen LogP contribution is 2.31. The predicted molar refractivity (Wildman–Crippen MR) is 79.7 cm³/mol. The third-order valence-electron chi connectivity index (χ3n) is 3.75. The van der Waals surface area contributed by atoms with E-state index in [-0.39, 0.29) is 24.7 Å². The summed E-state index contributed by atoms with van der Waals surface area (Å²) in [7, 11) is 1.63. The Balaban J connectivity index is 2.12. The molecular weight excluding hydrogens is 270 g/mol. The largest absolute Gasteiger partial charge is 0.497 e. The first-order valence-corrected chi connectivity index (χ1v) is 7.20. The summed E-state index contributed by atoms with van der Waals surface area (Å²) in [5.74, 6) is -0.227. The summed E-state index contributed by atoms with van der Waals surface area (Å²) in [6, 6.07) is 5.73. The average Bonchev–Trinajstić information content (AvgIpc) is 2.44. The van der Waals surface area contributed by atoms with E-state index in [4.69, 9.17) is 9.84 Å². The molecule has 0 saturated heterocycles. The number of benzene rings is 1. The fourth-order valence-corrected chi connectivity index (χ4v) is 2.74. The Hall–Kier alpha value is -2.04. The number of aliphatic carboxylic acids is 1. The van der Waals surface area contributed by atoms with Crippen LogP contribution in [0.1, 0.15) is 31.7 Å². The maximum absolute atomic E-state index is 12.4. The van der Waals surface area contributed by atoms with Crippen LogP contribution in [-0.2, 0) is 16.0 Å². The van der Waals surface area contributed by atoms with E-state index < -0.39 is 5.97 Å². The van der Waals surface area contributed by atoms with Gasteiger partial charge in [-0.25, -0.2) is 0 Å². The molecule has 1 atom stereocenters. The number of nitrogens with zero attached hydrogens (tertiary/aromatic N) is 1. The molecule has 1 aromatic carbocycles. The Labute approximate surface area is 124 Å². The lowest BCUT2D eigenvalue weighted by Crippen LogP contribution is -2.36. The van der Waals surface area contributed by atoms with E-state index in [1.54, 1.807) is 18.9 Å². The zero-order valence-corrected chi connectivity index (χ0v) is 12.5. The minimum absolute atomic E-state index is 0.00475. The molecule has 114 valence electrons. The first kappa shape index (κ1) is 15.4. The Morgan fingerprint density at radius 2 is 2.14 bits per heavy atom. The minimum atomic E-state index is -0.862. The second-order valence-corrected chi connectivity index (χ2v) is 5.55. The fraction of sp³-hybridized carbons (Fsp3) is 0.500. The van der Waals surface area contributed by atoms with Crippen LogP contribution < -0.4 is 9.64 Å². The summed E-state index contributed by atoms with van der Waals surface area (Å²) in [5.41, 5.74) is 2.04. The first-order chi connectivity index (χ1) is 10.0. The van der Waals surface area contributed by atoms with Crippen LogP contribution in [0.25, 0.3) is 0 Å². The molecule has 21 heavy (non-hydrogen) atoms. The molecule has 0 radical (unpaired) electrons. The predicted octanol–water partition coefficient (Wildman–Crippen LogP) is 2.48. The van der Waals surface area contributed by atoms with Crippen molar-refractivity contribution in [2.45, 2.75) is 32.6 Å². The number of carboxylic acids is 1. The molecule has 0 bridgehead atoms. The van der Waals surface area contributed by atoms with Crippen molar-refractivity contribution in [3.05, 3.63) is 23.8 Å². The summed E-state index contributed by atoms with van der Waals surface area (Å²) in [5, 5.41) is 8.78. The summed E-state index contributed by atoms with van der Waals surface area (Å²) in [4.78, 5) is 24.9. The van der Waals surface area contributed by atoms with Gasteiger partial charge in [0.05, 0.1) is 7.11 Å². The number of amides is 1. The number of rotatable bonds is 5. The van der Waals surface area contributed by atoms with E-state index in [0.29, 0.717) is 6.54 Å². The number of carbonyl (C=O) groups excluding carboxylic acids is 1. The zero-order valence-electron chi connectivity index (χ0n) is 12.5. The Kier molecular flexibility index (Phi) is 4.83. The quantitative estimate of drug-likeness (QED) is 0.905.